The third kappa shape index (κ3) is 6.09. The number of amides is 2. The molecule has 2 amide bonds. The number of carbonyl (C=O) groups excluding carboxylic acids is 2. The van der Waals surface area contributed by atoms with E-state index in [2.05, 4.69) is 19.2 Å². The molecule has 0 aromatic rings. The molecule has 1 unspecified atom stereocenters. The molecular formula is C14H28ClN3O2. The summed E-state index contributed by atoms with van der Waals surface area (Å²) in [5.41, 5.74) is 5.42. The average molecular weight is 306 g/mol. The Hall–Kier alpha value is -0.810. The molecule has 0 radical (unpaired) electrons. The lowest BCUT2D eigenvalue weighted by molar-refractivity contribution is -0.143. The molecule has 1 aliphatic rings. The predicted molar refractivity (Wildman–Crippen MR) is 82.7 cm³/mol. The Bertz CT molecular complexity index is 311. The Morgan fingerprint density at radius 2 is 2.10 bits per heavy atom. The summed E-state index contributed by atoms with van der Waals surface area (Å²) in [5.74, 6) is 0.475. The second-order valence-electron chi connectivity index (χ2n) is 5.62. The molecule has 0 bridgehead atoms. The second-order valence-corrected chi connectivity index (χ2v) is 5.62. The molecule has 1 fully saturated rings. The molecule has 0 aliphatic carbocycles. The topological polar surface area (TPSA) is 75.4 Å². The van der Waals surface area contributed by atoms with Crippen LogP contribution < -0.4 is 11.1 Å². The van der Waals surface area contributed by atoms with Crippen LogP contribution in [0.3, 0.4) is 0 Å². The minimum absolute atomic E-state index is 0. The fraction of sp³-hybridized carbons (Fsp3) is 0.857. The summed E-state index contributed by atoms with van der Waals surface area (Å²) in [6.45, 7) is 6.02. The van der Waals surface area contributed by atoms with Crippen LogP contribution >= 0.6 is 12.4 Å². The molecular weight excluding hydrogens is 278 g/mol. The van der Waals surface area contributed by atoms with Gasteiger partial charge in [0, 0.05) is 19.5 Å². The van der Waals surface area contributed by atoms with Crippen LogP contribution in [0.4, 0.5) is 0 Å². The van der Waals surface area contributed by atoms with Crippen LogP contribution in [0.15, 0.2) is 0 Å². The van der Waals surface area contributed by atoms with Crippen molar-refractivity contribution in [2.24, 2.45) is 11.7 Å². The summed E-state index contributed by atoms with van der Waals surface area (Å²) in [5, 5.41) is 2.89. The highest BCUT2D eigenvalue weighted by Gasteiger charge is 2.31. The van der Waals surface area contributed by atoms with E-state index in [4.69, 9.17) is 5.73 Å². The average Bonchev–Trinajstić information content (AvgIpc) is 2.37. The smallest absolute Gasteiger partial charge is 0.242 e. The summed E-state index contributed by atoms with van der Waals surface area (Å²) in [6.07, 6.45) is 4.01. The molecule has 0 saturated carbocycles. The first kappa shape index (κ1) is 19.2. The number of nitrogens with zero attached hydrogens (tertiary/aromatic N) is 1. The molecule has 20 heavy (non-hydrogen) atoms. The molecule has 6 heteroatoms. The van der Waals surface area contributed by atoms with E-state index >= 15 is 0 Å². The summed E-state index contributed by atoms with van der Waals surface area (Å²) in [4.78, 5) is 26.0. The molecule has 1 heterocycles. The Morgan fingerprint density at radius 1 is 1.40 bits per heavy atom. The number of nitrogens with two attached hydrogens (primary N) is 1. The first-order valence-corrected chi connectivity index (χ1v) is 7.33. The zero-order valence-corrected chi connectivity index (χ0v) is 13.4. The Balaban J connectivity index is 0.00000361. The maximum Gasteiger partial charge on any atom is 0.242 e. The van der Waals surface area contributed by atoms with Crippen molar-refractivity contribution in [1.29, 1.82) is 0 Å². The van der Waals surface area contributed by atoms with Gasteiger partial charge in [0.15, 0.2) is 0 Å². The Morgan fingerprint density at radius 3 is 2.65 bits per heavy atom. The van der Waals surface area contributed by atoms with Gasteiger partial charge in [-0.2, -0.15) is 0 Å². The summed E-state index contributed by atoms with van der Waals surface area (Å²) in [6, 6.07) is -0.314. The lowest BCUT2D eigenvalue weighted by Gasteiger charge is -2.34. The Kier molecular flexibility index (Phi) is 9.59. The van der Waals surface area contributed by atoms with E-state index < -0.39 is 0 Å². The van der Waals surface area contributed by atoms with Crippen molar-refractivity contribution >= 4 is 24.2 Å². The van der Waals surface area contributed by atoms with Gasteiger partial charge in [0.2, 0.25) is 11.8 Å². The lowest BCUT2D eigenvalue weighted by Crippen LogP contribution is -2.52. The summed E-state index contributed by atoms with van der Waals surface area (Å²) >= 11 is 0. The number of halogens is 1. The van der Waals surface area contributed by atoms with Crippen LogP contribution in [-0.4, -0.2) is 42.4 Å². The zero-order valence-electron chi connectivity index (χ0n) is 12.6. The number of likely N-dealkylation sites (tertiary alicyclic amines) is 1. The van der Waals surface area contributed by atoms with Gasteiger partial charge in [0.1, 0.15) is 6.04 Å². The highest BCUT2D eigenvalue weighted by molar-refractivity contribution is 5.88. The molecule has 1 aliphatic heterocycles. The van der Waals surface area contributed by atoms with Crippen LogP contribution in [0.25, 0.3) is 0 Å². The van der Waals surface area contributed by atoms with Gasteiger partial charge in [-0.1, -0.05) is 13.8 Å². The number of piperidine rings is 1. The second kappa shape index (κ2) is 10.00. The number of carbonyl (C=O) groups is 2. The number of hydrogen-bond donors (Lipinski definition) is 2. The van der Waals surface area contributed by atoms with Crippen molar-refractivity contribution in [3.8, 4) is 0 Å². The van der Waals surface area contributed by atoms with Gasteiger partial charge in [0.25, 0.3) is 0 Å². The van der Waals surface area contributed by atoms with Crippen molar-refractivity contribution in [3.05, 3.63) is 0 Å². The molecule has 0 aromatic carbocycles. The molecule has 1 saturated heterocycles. The van der Waals surface area contributed by atoms with E-state index in [1.54, 1.807) is 4.90 Å². The quantitative estimate of drug-likeness (QED) is 0.696. The molecule has 118 valence electrons. The maximum atomic E-state index is 12.3. The number of hydrogen-bond acceptors (Lipinski definition) is 3. The first-order valence-electron chi connectivity index (χ1n) is 7.33. The van der Waals surface area contributed by atoms with Gasteiger partial charge >= 0.3 is 0 Å². The van der Waals surface area contributed by atoms with Crippen LogP contribution in [0, 0.1) is 5.92 Å². The van der Waals surface area contributed by atoms with Crippen molar-refractivity contribution in [2.45, 2.75) is 52.0 Å². The summed E-state index contributed by atoms with van der Waals surface area (Å²) in [7, 11) is 0. The van der Waals surface area contributed by atoms with Crippen molar-refractivity contribution < 1.29 is 9.59 Å². The largest absolute Gasteiger partial charge is 0.354 e. The summed E-state index contributed by atoms with van der Waals surface area (Å²) < 4.78 is 0. The fourth-order valence-corrected chi connectivity index (χ4v) is 2.41. The standard InChI is InChI=1S/C14H27N3O2.ClH/c1-11(2)10-12(14(19)16-8-5-7-15)17-9-4-3-6-13(17)18;/h11-12H,3-10,15H2,1-2H3,(H,16,19);1H. The minimum atomic E-state index is -0.314. The van der Waals surface area contributed by atoms with Crippen LogP contribution in [-0.2, 0) is 9.59 Å². The monoisotopic (exact) mass is 305 g/mol. The highest BCUT2D eigenvalue weighted by Crippen LogP contribution is 2.19. The third-order valence-electron chi connectivity index (χ3n) is 3.41. The molecule has 0 aromatic heterocycles. The molecule has 1 rings (SSSR count). The molecule has 5 nitrogen and oxygen atoms in total. The number of nitrogens with one attached hydrogen (secondary N) is 1. The van der Waals surface area contributed by atoms with Gasteiger partial charge in [-0.3, -0.25) is 9.59 Å². The molecule has 0 spiro atoms. The van der Waals surface area contributed by atoms with Gasteiger partial charge in [0.05, 0.1) is 0 Å². The van der Waals surface area contributed by atoms with E-state index in [9.17, 15) is 9.59 Å². The minimum Gasteiger partial charge on any atom is -0.354 e. The predicted octanol–water partition coefficient (Wildman–Crippen LogP) is 1.30. The third-order valence-corrected chi connectivity index (χ3v) is 3.41. The van der Waals surface area contributed by atoms with Crippen LogP contribution in [0.2, 0.25) is 0 Å². The van der Waals surface area contributed by atoms with Crippen LogP contribution in [0.5, 0.6) is 0 Å². The fourth-order valence-electron chi connectivity index (χ4n) is 2.41. The van der Waals surface area contributed by atoms with E-state index in [-0.39, 0.29) is 30.3 Å². The van der Waals surface area contributed by atoms with E-state index in [1.165, 1.54) is 0 Å². The van der Waals surface area contributed by atoms with Crippen molar-refractivity contribution in [2.75, 3.05) is 19.6 Å². The van der Waals surface area contributed by atoms with E-state index in [1.807, 2.05) is 0 Å². The van der Waals surface area contributed by atoms with E-state index in [0.29, 0.717) is 32.0 Å². The molecule has 3 N–H and O–H groups in total. The van der Waals surface area contributed by atoms with Gasteiger partial charge in [-0.15, -0.1) is 12.4 Å². The van der Waals surface area contributed by atoms with Crippen LogP contribution in [0.1, 0.15) is 46.0 Å². The number of rotatable bonds is 7. The molecule has 1 atom stereocenters. The highest BCUT2D eigenvalue weighted by atomic mass is 35.5. The Labute approximate surface area is 128 Å². The van der Waals surface area contributed by atoms with Gasteiger partial charge < -0.3 is 16.0 Å². The lowest BCUT2D eigenvalue weighted by atomic mass is 9.98. The maximum absolute atomic E-state index is 12.3. The van der Waals surface area contributed by atoms with Crippen molar-refractivity contribution in [3.63, 3.8) is 0 Å². The van der Waals surface area contributed by atoms with Gasteiger partial charge in [-0.05, 0) is 38.1 Å². The SMILES string of the molecule is CC(C)CC(C(=O)NCCCN)N1CCCCC1=O.Cl. The normalized spacial score (nSPS) is 16.8. The van der Waals surface area contributed by atoms with Gasteiger partial charge in [-0.25, -0.2) is 0 Å². The zero-order chi connectivity index (χ0) is 14.3. The first-order chi connectivity index (χ1) is 9.06. The van der Waals surface area contributed by atoms with E-state index in [0.717, 1.165) is 25.7 Å². The van der Waals surface area contributed by atoms with Crippen molar-refractivity contribution in [1.82, 2.24) is 10.2 Å².